The monoisotopic (exact) mass is 416 g/mol. The maximum absolute atomic E-state index is 12.4. The van der Waals surface area contributed by atoms with Crippen molar-refractivity contribution in [1.82, 2.24) is 10.2 Å². The Morgan fingerprint density at radius 3 is 2.92 bits per heavy atom. The van der Waals surface area contributed by atoms with Crippen molar-refractivity contribution < 1.29 is 18.0 Å². The number of amides is 2. The fourth-order valence-corrected chi connectivity index (χ4v) is 6.32. The minimum Gasteiger partial charge on any atom is -0.352 e. The molecule has 0 radical (unpaired) electrons. The number of carbonyl (C=O) groups excluding carboxylic acids is 2. The maximum atomic E-state index is 12.4. The molecule has 6 nitrogen and oxygen atoms in total. The summed E-state index contributed by atoms with van der Waals surface area (Å²) in [6.45, 7) is 0.192. The number of sulfone groups is 1. The third-order valence-corrected chi connectivity index (χ3v) is 7.82. The van der Waals surface area contributed by atoms with Crippen molar-refractivity contribution in [3.8, 4) is 0 Å². The topological polar surface area (TPSA) is 83.6 Å². The molecule has 0 unspecified atom stereocenters. The van der Waals surface area contributed by atoms with Gasteiger partial charge in [-0.15, -0.1) is 11.3 Å². The number of thioether (sulfide) groups is 1. The van der Waals surface area contributed by atoms with Crippen molar-refractivity contribution in [3.05, 3.63) is 27.3 Å². The Morgan fingerprint density at radius 2 is 2.28 bits per heavy atom. The van der Waals surface area contributed by atoms with Gasteiger partial charge in [0.1, 0.15) is 4.32 Å². The smallest absolute Gasteiger partial charge is 0.266 e. The number of nitrogens with zero attached hydrogens (tertiary/aromatic N) is 1. The van der Waals surface area contributed by atoms with Crippen LogP contribution in [0.25, 0.3) is 6.08 Å². The number of carbonyl (C=O) groups is 2. The zero-order valence-electron chi connectivity index (χ0n) is 13.1. The van der Waals surface area contributed by atoms with Crippen LogP contribution in [0.3, 0.4) is 0 Å². The lowest BCUT2D eigenvalue weighted by atomic mass is 10.2. The first-order valence-corrected chi connectivity index (χ1v) is 11.6. The minimum atomic E-state index is -3.03. The molecule has 0 aromatic carbocycles. The number of rotatable bonds is 5. The van der Waals surface area contributed by atoms with Gasteiger partial charge in [0, 0.05) is 23.9 Å². The molecular weight excluding hydrogens is 400 g/mol. The third kappa shape index (κ3) is 4.69. The molecule has 2 aliphatic heterocycles. The molecule has 1 aromatic rings. The summed E-state index contributed by atoms with van der Waals surface area (Å²) >= 11 is 8.00. The van der Waals surface area contributed by atoms with Gasteiger partial charge in [-0.05, 0) is 23.9 Å². The highest BCUT2D eigenvalue weighted by molar-refractivity contribution is 8.26. The average molecular weight is 417 g/mol. The summed E-state index contributed by atoms with van der Waals surface area (Å²) in [4.78, 5) is 27.4. The minimum absolute atomic E-state index is 0.0106. The van der Waals surface area contributed by atoms with Crippen molar-refractivity contribution in [2.45, 2.75) is 18.9 Å². The van der Waals surface area contributed by atoms with E-state index in [2.05, 4.69) is 5.32 Å². The van der Waals surface area contributed by atoms with Crippen LogP contribution in [0.4, 0.5) is 0 Å². The number of hydrogen-bond donors (Lipinski definition) is 1. The summed E-state index contributed by atoms with van der Waals surface area (Å²) in [5, 5.41) is 4.65. The molecule has 2 fully saturated rings. The van der Waals surface area contributed by atoms with Gasteiger partial charge in [-0.25, -0.2) is 8.42 Å². The standard InChI is InChI=1S/C15H16N2O4S4/c18-13(16-10-4-7-25(20,21)9-10)3-5-17-14(19)12(24-15(17)22)8-11-2-1-6-23-11/h1-2,6,8,10H,3-5,7,9H2,(H,16,18)/b12-8-/t10-/m1/s1. The SMILES string of the molecule is O=C(CCN1C(=O)/C(=C/c2cccs2)SC1=S)N[C@@H]1CCS(=O)(=O)C1. The lowest BCUT2D eigenvalue weighted by molar-refractivity contribution is -0.124. The van der Waals surface area contributed by atoms with Crippen molar-refractivity contribution in [1.29, 1.82) is 0 Å². The third-order valence-electron chi connectivity index (χ3n) is 3.85. The normalized spacial score (nSPS) is 24.2. The summed E-state index contributed by atoms with van der Waals surface area (Å²) in [6.07, 6.45) is 2.33. The largest absolute Gasteiger partial charge is 0.352 e. The van der Waals surface area contributed by atoms with E-state index in [0.29, 0.717) is 15.6 Å². The molecule has 1 aromatic heterocycles. The van der Waals surface area contributed by atoms with Crippen LogP contribution in [-0.4, -0.2) is 53.5 Å². The van der Waals surface area contributed by atoms with E-state index in [1.807, 2.05) is 17.5 Å². The van der Waals surface area contributed by atoms with Crippen LogP contribution in [0, 0.1) is 0 Å². The number of nitrogens with one attached hydrogen (secondary N) is 1. The van der Waals surface area contributed by atoms with Gasteiger partial charge < -0.3 is 5.32 Å². The zero-order valence-corrected chi connectivity index (χ0v) is 16.4. The summed E-state index contributed by atoms with van der Waals surface area (Å²) in [5.74, 6) is -0.359. The highest BCUT2D eigenvalue weighted by Gasteiger charge is 2.33. The Bertz CT molecular complexity index is 830. The first-order valence-electron chi connectivity index (χ1n) is 7.63. The van der Waals surface area contributed by atoms with Crippen molar-refractivity contribution >= 4 is 67.4 Å². The number of thiocarbonyl (C=S) groups is 1. The van der Waals surface area contributed by atoms with Crippen LogP contribution in [0.1, 0.15) is 17.7 Å². The molecule has 2 amide bonds. The highest BCUT2D eigenvalue weighted by atomic mass is 32.2. The van der Waals surface area contributed by atoms with E-state index in [4.69, 9.17) is 12.2 Å². The molecule has 0 saturated carbocycles. The molecule has 134 valence electrons. The second-order valence-electron chi connectivity index (χ2n) is 5.77. The molecule has 2 aliphatic rings. The van der Waals surface area contributed by atoms with E-state index >= 15 is 0 Å². The van der Waals surface area contributed by atoms with Crippen molar-refractivity contribution in [3.63, 3.8) is 0 Å². The van der Waals surface area contributed by atoms with Gasteiger partial charge in [0.05, 0.1) is 16.4 Å². The van der Waals surface area contributed by atoms with Crippen molar-refractivity contribution in [2.24, 2.45) is 0 Å². The van der Waals surface area contributed by atoms with Gasteiger partial charge in [0.2, 0.25) is 5.91 Å². The van der Waals surface area contributed by atoms with Gasteiger partial charge in [-0.3, -0.25) is 14.5 Å². The molecule has 2 saturated heterocycles. The first kappa shape index (κ1) is 18.6. The molecule has 25 heavy (non-hydrogen) atoms. The average Bonchev–Trinajstić information content (AvgIpc) is 3.21. The first-order chi connectivity index (χ1) is 11.8. The van der Waals surface area contributed by atoms with Crippen LogP contribution >= 0.6 is 35.3 Å². The Kier molecular flexibility index (Phi) is 5.62. The van der Waals surface area contributed by atoms with E-state index < -0.39 is 9.84 Å². The van der Waals surface area contributed by atoms with Crippen molar-refractivity contribution in [2.75, 3.05) is 18.1 Å². The second-order valence-corrected chi connectivity index (χ2v) is 10.7. The predicted octanol–water partition coefficient (Wildman–Crippen LogP) is 1.64. The maximum Gasteiger partial charge on any atom is 0.266 e. The second kappa shape index (κ2) is 7.56. The van der Waals surface area contributed by atoms with Crippen LogP contribution in [-0.2, 0) is 19.4 Å². The van der Waals surface area contributed by atoms with Gasteiger partial charge in [-0.1, -0.05) is 30.0 Å². The summed E-state index contributed by atoms with van der Waals surface area (Å²) in [5.41, 5.74) is 0. The molecule has 0 aliphatic carbocycles. The lowest BCUT2D eigenvalue weighted by Gasteiger charge is -2.15. The summed E-state index contributed by atoms with van der Waals surface area (Å²) < 4.78 is 23.3. The van der Waals surface area contributed by atoms with E-state index in [9.17, 15) is 18.0 Å². The molecule has 3 heterocycles. The highest BCUT2D eigenvalue weighted by Crippen LogP contribution is 2.33. The van der Waals surface area contributed by atoms with E-state index in [1.165, 1.54) is 28.0 Å². The molecule has 1 N–H and O–H groups in total. The van der Waals surface area contributed by atoms with E-state index in [1.54, 1.807) is 6.08 Å². The Hall–Kier alpha value is -1.23. The fourth-order valence-electron chi connectivity index (χ4n) is 2.62. The summed E-state index contributed by atoms with van der Waals surface area (Å²) in [6, 6.07) is 3.49. The van der Waals surface area contributed by atoms with Crippen LogP contribution in [0.2, 0.25) is 0 Å². The number of hydrogen-bond acceptors (Lipinski definition) is 7. The molecular formula is C15H16N2O4S4. The Labute approximate surface area is 159 Å². The van der Waals surface area contributed by atoms with Gasteiger partial charge in [-0.2, -0.15) is 0 Å². The molecule has 1 atom stereocenters. The number of thiophene rings is 1. The Morgan fingerprint density at radius 1 is 1.48 bits per heavy atom. The molecule has 0 bridgehead atoms. The predicted molar refractivity (Wildman–Crippen MR) is 104 cm³/mol. The zero-order chi connectivity index (χ0) is 18.0. The van der Waals surface area contributed by atoms with Gasteiger partial charge in [0.25, 0.3) is 5.91 Å². The molecule has 3 rings (SSSR count). The molecule has 10 heteroatoms. The Balaban J connectivity index is 1.53. The summed E-state index contributed by atoms with van der Waals surface area (Å²) in [7, 11) is -3.03. The van der Waals surface area contributed by atoms with Crippen LogP contribution in [0.5, 0.6) is 0 Å². The van der Waals surface area contributed by atoms with E-state index in [0.717, 1.165) is 4.88 Å². The van der Waals surface area contributed by atoms with Gasteiger partial charge >= 0.3 is 0 Å². The van der Waals surface area contributed by atoms with Crippen LogP contribution < -0.4 is 5.32 Å². The lowest BCUT2D eigenvalue weighted by Crippen LogP contribution is -2.38. The fraction of sp³-hybridized carbons (Fsp3) is 0.400. The quantitative estimate of drug-likeness (QED) is 0.580. The molecule has 0 spiro atoms. The van der Waals surface area contributed by atoms with Crippen LogP contribution in [0.15, 0.2) is 22.4 Å². The van der Waals surface area contributed by atoms with E-state index in [-0.39, 0.29) is 42.3 Å². The van der Waals surface area contributed by atoms with Gasteiger partial charge in [0.15, 0.2) is 9.84 Å².